The van der Waals surface area contributed by atoms with Crippen LogP contribution in [-0.2, 0) is 13.4 Å². The lowest BCUT2D eigenvalue weighted by Crippen LogP contribution is -2.42. The molecule has 0 saturated carbocycles. The van der Waals surface area contributed by atoms with Crippen LogP contribution in [0.4, 0.5) is 17.3 Å². The maximum atomic E-state index is 13.7. The lowest BCUT2D eigenvalue weighted by Gasteiger charge is -2.18. The van der Waals surface area contributed by atoms with Gasteiger partial charge in [0.25, 0.3) is 0 Å². The second-order valence-electron chi connectivity index (χ2n) is 8.64. The predicted octanol–water partition coefficient (Wildman–Crippen LogP) is 5.24. The summed E-state index contributed by atoms with van der Waals surface area (Å²) in [6.45, 7) is 3.36. The molecule has 2 aromatic heterocycles. The van der Waals surface area contributed by atoms with Gasteiger partial charge in [0.05, 0.1) is 24.1 Å². The zero-order chi connectivity index (χ0) is 26.9. The van der Waals surface area contributed by atoms with Crippen LogP contribution in [0, 0.1) is 20.8 Å². The quantitative estimate of drug-likeness (QED) is 0.226. The molecule has 9 nitrogen and oxygen atoms in total. The molecule has 0 fully saturated rings. The minimum absolute atomic E-state index is 0.0761. The van der Waals surface area contributed by atoms with Crippen LogP contribution in [0.15, 0.2) is 68.8 Å². The van der Waals surface area contributed by atoms with Crippen molar-refractivity contribution in [2.45, 2.75) is 27.3 Å². The SMILES string of the molecule is Cc1cncc(-n2c(=O)nc(Nc3ccc(N=S(C)(=O)I)cc3C)n(Cc3cc(Cl)ccc3C)c2=O)c1. The molecule has 0 aliphatic rings. The fraction of sp³-hybridized carbons (Fsp3) is 0.200. The molecule has 1 atom stereocenters. The minimum Gasteiger partial charge on any atom is -0.325 e. The maximum Gasteiger partial charge on any atom is 0.359 e. The number of halogens is 2. The van der Waals surface area contributed by atoms with E-state index in [1.807, 2.05) is 26.8 Å². The molecule has 1 unspecified atom stereocenters. The molecule has 0 bridgehead atoms. The molecule has 0 spiro atoms. The van der Waals surface area contributed by atoms with E-state index in [0.717, 1.165) is 26.8 Å². The van der Waals surface area contributed by atoms with E-state index in [1.165, 1.54) is 10.8 Å². The van der Waals surface area contributed by atoms with Gasteiger partial charge in [0.15, 0.2) is 0 Å². The van der Waals surface area contributed by atoms with Gasteiger partial charge < -0.3 is 5.32 Å². The summed E-state index contributed by atoms with van der Waals surface area (Å²) < 4.78 is 18.7. The van der Waals surface area contributed by atoms with Crippen molar-refractivity contribution in [1.29, 1.82) is 0 Å². The average molecular weight is 651 g/mol. The van der Waals surface area contributed by atoms with E-state index in [4.69, 9.17) is 11.6 Å². The number of nitrogens with zero attached hydrogens (tertiary/aromatic N) is 5. The second-order valence-corrected chi connectivity index (χ2v) is 15.6. The standard InChI is InChI=1S/C25H24ClIN6O3S/c1-15-9-21(13-28-12-15)33-24(34)30-23(29-22-8-7-20(10-17(22)3)31-37(4,27)36)32(25(33)35)14-18-11-19(26)6-5-16(18)2/h5-13H,14H2,1-4H3,(H,29,30,34). The molecule has 0 saturated heterocycles. The zero-order valence-electron chi connectivity index (χ0n) is 20.5. The van der Waals surface area contributed by atoms with Gasteiger partial charge in [-0.15, -0.1) is 0 Å². The van der Waals surface area contributed by atoms with Gasteiger partial charge in [-0.05, 0) is 79.4 Å². The Morgan fingerprint density at radius 1 is 1.05 bits per heavy atom. The van der Waals surface area contributed by atoms with Crippen molar-refractivity contribution < 1.29 is 4.21 Å². The van der Waals surface area contributed by atoms with Crippen molar-refractivity contribution in [2.75, 3.05) is 11.6 Å². The first-order valence-corrected chi connectivity index (χ1v) is 16.0. The van der Waals surface area contributed by atoms with Crippen molar-refractivity contribution in [3.63, 3.8) is 0 Å². The van der Waals surface area contributed by atoms with Gasteiger partial charge in [0.2, 0.25) is 5.95 Å². The Bertz CT molecular complexity index is 1750. The highest BCUT2D eigenvalue weighted by Gasteiger charge is 2.17. The normalized spacial score (nSPS) is 12.7. The Hall–Kier alpha value is -3.03. The first kappa shape index (κ1) is 27.0. The van der Waals surface area contributed by atoms with E-state index in [1.54, 1.807) is 70.1 Å². The maximum absolute atomic E-state index is 13.7. The summed E-state index contributed by atoms with van der Waals surface area (Å²) in [5.74, 6) is 0.0761. The lowest BCUT2D eigenvalue weighted by atomic mass is 10.1. The van der Waals surface area contributed by atoms with Gasteiger partial charge in [0, 0.05) is 44.4 Å². The molecular weight excluding hydrogens is 627 g/mol. The summed E-state index contributed by atoms with van der Waals surface area (Å²) in [6.07, 6.45) is 4.64. The molecule has 192 valence electrons. The van der Waals surface area contributed by atoms with Crippen LogP contribution < -0.4 is 16.7 Å². The number of anilines is 2. The van der Waals surface area contributed by atoms with E-state index in [9.17, 15) is 13.8 Å². The van der Waals surface area contributed by atoms with E-state index in [0.29, 0.717) is 22.1 Å². The van der Waals surface area contributed by atoms with Crippen LogP contribution in [0.25, 0.3) is 5.69 Å². The Kier molecular flexibility index (Phi) is 7.85. The average Bonchev–Trinajstić information content (AvgIpc) is 2.79. The molecule has 4 aromatic rings. The highest BCUT2D eigenvalue weighted by atomic mass is 127. The Morgan fingerprint density at radius 3 is 2.49 bits per heavy atom. The molecule has 2 aromatic carbocycles. The number of aromatic nitrogens is 4. The zero-order valence-corrected chi connectivity index (χ0v) is 24.3. The summed E-state index contributed by atoms with van der Waals surface area (Å²) in [4.78, 5) is 35.2. The van der Waals surface area contributed by atoms with E-state index in [-0.39, 0.29) is 12.5 Å². The van der Waals surface area contributed by atoms with Gasteiger partial charge in [-0.2, -0.15) is 9.35 Å². The number of nitrogens with one attached hydrogen (secondary N) is 1. The fourth-order valence-electron chi connectivity index (χ4n) is 3.75. The Labute approximate surface area is 231 Å². The summed E-state index contributed by atoms with van der Waals surface area (Å²) in [6, 6.07) is 12.4. The molecule has 2 heterocycles. The topological polar surface area (TPSA) is 111 Å². The third kappa shape index (κ3) is 6.46. The molecule has 0 radical (unpaired) electrons. The van der Waals surface area contributed by atoms with Crippen molar-refractivity contribution >= 4 is 57.0 Å². The van der Waals surface area contributed by atoms with Gasteiger partial charge in [-0.1, -0.05) is 17.7 Å². The summed E-state index contributed by atoms with van der Waals surface area (Å²) in [5, 5.41) is 3.66. The van der Waals surface area contributed by atoms with Crippen molar-refractivity contribution in [1.82, 2.24) is 19.1 Å². The number of benzene rings is 2. The van der Waals surface area contributed by atoms with Crippen LogP contribution in [-0.4, -0.2) is 29.6 Å². The lowest BCUT2D eigenvalue weighted by molar-refractivity contribution is 0.655. The molecule has 0 aliphatic carbocycles. The van der Waals surface area contributed by atoms with Crippen molar-refractivity contribution in [2.24, 2.45) is 4.36 Å². The van der Waals surface area contributed by atoms with Crippen LogP contribution >= 0.6 is 32.8 Å². The molecular formula is C25H24ClIN6O3S. The first-order chi connectivity index (χ1) is 17.4. The third-order valence-electron chi connectivity index (χ3n) is 5.55. The molecule has 37 heavy (non-hydrogen) atoms. The van der Waals surface area contributed by atoms with Gasteiger partial charge in [0.1, 0.15) is 6.90 Å². The van der Waals surface area contributed by atoms with Crippen LogP contribution in [0.5, 0.6) is 0 Å². The minimum atomic E-state index is -2.35. The molecule has 1 N–H and O–H groups in total. The fourth-order valence-corrected chi connectivity index (χ4v) is 5.12. The molecule has 4 rings (SSSR count). The monoisotopic (exact) mass is 650 g/mol. The molecule has 12 heteroatoms. The Balaban J connectivity index is 1.88. The summed E-state index contributed by atoms with van der Waals surface area (Å²) in [7, 11) is 0. The van der Waals surface area contributed by atoms with Gasteiger partial charge in [-0.25, -0.2) is 18.4 Å². The summed E-state index contributed by atoms with van der Waals surface area (Å²) >= 11 is 8.03. The third-order valence-corrected chi connectivity index (χ3v) is 6.92. The number of aryl methyl sites for hydroxylation is 3. The molecule has 0 amide bonds. The van der Waals surface area contributed by atoms with Crippen LogP contribution in [0.1, 0.15) is 22.3 Å². The predicted molar refractivity (Wildman–Crippen MR) is 157 cm³/mol. The van der Waals surface area contributed by atoms with Gasteiger partial charge in [-0.3, -0.25) is 9.55 Å². The highest BCUT2D eigenvalue weighted by molar-refractivity contribution is 14.2. The van der Waals surface area contributed by atoms with Crippen molar-refractivity contribution in [3.05, 3.63) is 103 Å². The summed E-state index contributed by atoms with van der Waals surface area (Å²) in [5.41, 5.74) is 3.50. The Morgan fingerprint density at radius 2 is 1.81 bits per heavy atom. The highest BCUT2D eigenvalue weighted by Crippen LogP contribution is 2.26. The molecule has 0 aliphatic heterocycles. The van der Waals surface area contributed by atoms with Gasteiger partial charge >= 0.3 is 11.4 Å². The first-order valence-electron chi connectivity index (χ1n) is 11.1. The number of rotatable bonds is 6. The number of pyridine rings is 1. The van der Waals surface area contributed by atoms with Crippen LogP contribution in [0.3, 0.4) is 0 Å². The smallest absolute Gasteiger partial charge is 0.325 e. The van der Waals surface area contributed by atoms with Crippen LogP contribution in [0.2, 0.25) is 5.02 Å². The van der Waals surface area contributed by atoms with Crippen molar-refractivity contribution in [3.8, 4) is 5.69 Å². The van der Waals surface area contributed by atoms with E-state index in [2.05, 4.69) is 19.6 Å². The van der Waals surface area contributed by atoms with E-state index < -0.39 is 18.3 Å². The van der Waals surface area contributed by atoms with E-state index >= 15 is 0 Å². The largest absolute Gasteiger partial charge is 0.359 e. The second kappa shape index (κ2) is 10.8. The number of hydrogen-bond donors (Lipinski definition) is 1. The number of hydrogen-bond acceptors (Lipinski definition) is 7.